The van der Waals surface area contributed by atoms with Gasteiger partial charge in [0.2, 0.25) is 0 Å². The Labute approximate surface area is 172 Å². The minimum Gasteiger partial charge on any atom is -0.381 e. The number of aliphatic imine (C=N–C) groups is 1. The summed E-state index contributed by atoms with van der Waals surface area (Å²) in [7, 11) is 3.81. The van der Waals surface area contributed by atoms with Gasteiger partial charge in [0.25, 0.3) is 0 Å². The fourth-order valence-corrected chi connectivity index (χ4v) is 3.44. The number of hydrogen-bond donors (Lipinski definition) is 1. The Balaban J connectivity index is 0.00000312. The van der Waals surface area contributed by atoms with Crippen LogP contribution in [0.1, 0.15) is 25.8 Å². The average molecular weight is 484 g/mol. The van der Waals surface area contributed by atoms with Gasteiger partial charge in [-0.25, -0.2) is 4.39 Å². The molecular formula is C18H28ClFIN3O. The van der Waals surface area contributed by atoms with Gasteiger partial charge in [-0.2, -0.15) is 0 Å². The minimum absolute atomic E-state index is 0. The number of nitrogens with one attached hydrogen (secondary N) is 1. The van der Waals surface area contributed by atoms with Crippen molar-refractivity contribution in [2.75, 3.05) is 40.4 Å². The Kier molecular flexibility index (Phi) is 8.91. The molecule has 1 unspecified atom stereocenters. The normalized spacial score (nSPS) is 18.0. The molecule has 1 heterocycles. The Morgan fingerprint density at radius 3 is 2.76 bits per heavy atom. The number of rotatable bonds is 5. The van der Waals surface area contributed by atoms with Gasteiger partial charge in [0.1, 0.15) is 5.82 Å². The summed E-state index contributed by atoms with van der Waals surface area (Å²) >= 11 is 6.22. The number of nitrogens with zero attached hydrogens (tertiary/aromatic N) is 2. The third-order valence-electron chi connectivity index (χ3n) is 4.48. The van der Waals surface area contributed by atoms with E-state index in [9.17, 15) is 4.39 Å². The largest absolute Gasteiger partial charge is 0.381 e. The maximum absolute atomic E-state index is 13.3. The van der Waals surface area contributed by atoms with Gasteiger partial charge >= 0.3 is 0 Å². The molecule has 0 spiro atoms. The van der Waals surface area contributed by atoms with E-state index >= 15 is 0 Å². The smallest absolute Gasteiger partial charge is 0.193 e. The summed E-state index contributed by atoms with van der Waals surface area (Å²) in [5.41, 5.74) is 0.665. The molecule has 1 aliphatic rings. The fraction of sp³-hybridized carbons (Fsp3) is 0.611. The van der Waals surface area contributed by atoms with Crippen LogP contribution in [0.3, 0.4) is 0 Å². The number of ether oxygens (including phenoxy) is 1. The van der Waals surface area contributed by atoms with Crippen molar-refractivity contribution in [2.24, 2.45) is 10.9 Å². The lowest BCUT2D eigenvalue weighted by atomic mass is 9.84. The molecule has 1 N–H and O–H groups in total. The summed E-state index contributed by atoms with van der Waals surface area (Å²) in [6.45, 7) is 7.39. The second-order valence-electron chi connectivity index (χ2n) is 7.02. The van der Waals surface area contributed by atoms with Crippen molar-refractivity contribution < 1.29 is 9.13 Å². The molecule has 0 bridgehead atoms. The van der Waals surface area contributed by atoms with Gasteiger partial charge in [-0.3, -0.25) is 4.99 Å². The average Bonchev–Trinajstić information content (AvgIpc) is 3.00. The number of hydrogen-bond acceptors (Lipinski definition) is 2. The van der Waals surface area contributed by atoms with Crippen LogP contribution in [0.5, 0.6) is 0 Å². The molecule has 0 aromatic heterocycles. The van der Waals surface area contributed by atoms with E-state index in [-0.39, 0.29) is 35.2 Å². The van der Waals surface area contributed by atoms with Crippen LogP contribution in [0.25, 0.3) is 0 Å². The lowest BCUT2D eigenvalue weighted by molar-refractivity contribution is 0.181. The molecule has 1 aromatic carbocycles. The Bertz CT molecular complexity index is 592. The maximum atomic E-state index is 13.3. The first-order chi connectivity index (χ1) is 11.3. The highest BCUT2D eigenvalue weighted by Gasteiger charge is 2.25. The van der Waals surface area contributed by atoms with Crippen LogP contribution >= 0.6 is 35.6 Å². The molecule has 1 atom stereocenters. The number of guanidine groups is 1. The van der Waals surface area contributed by atoms with Crippen molar-refractivity contribution in [3.05, 3.63) is 34.6 Å². The van der Waals surface area contributed by atoms with Gasteiger partial charge in [0.15, 0.2) is 5.96 Å². The first-order valence-electron chi connectivity index (χ1n) is 8.28. The molecule has 1 fully saturated rings. The highest BCUT2D eigenvalue weighted by atomic mass is 127. The molecule has 1 aromatic rings. The lowest BCUT2D eigenvalue weighted by Gasteiger charge is -2.30. The van der Waals surface area contributed by atoms with Gasteiger partial charge in [-0.15, -0.1) is 24.0 Å². The standard InChI is InChI=1S/C18H27ClFN3O.HI/c1-18(2,15-6-5-14(20)9-16(15)19)12-22-17(21-3)23(4)10-13-7-8-24-11-13;/h5-6,9,13H,7-8,10-12H2,1-4H3,(H,21,22);1H. The van der Waals surface area contributed by atoms with Crippen molar-refractivity contribution in [1.29, 1.82) is 0 Å². The van der Waals surface area contributed by atoms with Crippen molar-refractivity contribution in [1.82, 2.24) is 10.2 Å². The van der Waals surface area contributed by atoms with E-state index in [0.29, 0.717) is 17.5 Å². The van der Waals surface area contributed by atoms with Crippen LogP contribution in [-0.2, 0) is 10.2 Å². The van der Waals surface area contributed by atoms with Crippen molar-refractivity contribution in [3.8, 4) is 0 Å². The Morgan fingerprint density at radius 1 is 1.48 bits per heavy atom. The third kappa shape index (κ3) is 6.25. The van der Waals surface area contributed by atoms with E-state index < -0.39 is 0 Å². The van der Waals surface area contributed by atoms with Crippen LogP contribution in [0.4, 0.5) is 4.39 Å². The first-order valence-corrected chi connectivity index (χ1v) is 8.66. The first kappa shape index (κ1) is 22.4. The second-order valence-corrected chi connectivity index (χ2v) is 7.43. The van der Waals surface area contributed by atoms with Crippen molar-refractivity contribution >= 4 is 41.5 Å². The van der Waals surface area contributed by atoms with Gasteiger partial charge in [-0.1, -0.05) is 31.5 Å². The molecule has 4 nitrogen and oxygen atoms in total. The van der Waals surface area contributed by atoms with Crippen LogP contribution in [0, 0.1) is 11.7 Å². The quantitative estimate of drug-likeness (QED) is 0.392. The van der Waals surface area contributed by atoms with Gasteiger partial charge in [0, 0.05) is 50.1 Å². The SMILES string of the molecule is CN=C(NCC(C)(C)c1ccc(F)cc1Cl)N(C)CC1CCOC1.I. The monoisotopic (exact) mass is 483 g/mol. The molecule has 7 heteroatoms. The fourth-order valence-electron chi connectivity index (χ4n) is 3.02. The summed E-state index contributed by atoms with van der Waals surface area (Å²) < 4.78 is 18.7. The molecular weight excluding hydrogens is 456 g/mol. The Hall–Kier alpha value is -0.600. The summed E-state index contributed by atoms with van der Waals surface area (Å²) in [4.78, 5) is 6.49. The summed E-state index contributed by atoms with van der Waals surface area (Å²) in [5.74, 6) is 1.07. The van der Waals surface area contributed by atoms with E-state index in [1.807, 2.05) is 7.05 Å². The molecule has 0 saturated carbocycles. The van der Waals surface area contributed by atoms with Crippen LogP contribution in [0.2, 0.25) is 5.02 Å². The van der Waals surface area contributed by atoms with E-state index in [1.165, 1.54) is 12.1 Å². The maximum Gasteiger partial charge on any atom is 0.193 e. The third-order valence-corrected chi connectivity index (χ3v) is 4.79. The zero-order valence-electron chi connectivity index (χ0n) is 15.3. The number of halogens is 3. The minimum atomic E-state index is -0.318. The molecule has 2 rings (SSSR count). The molecule has 1 saturated heterocycles. The summed E-state index contributed by atoms with van der Waals surface area (Å²) in [5, 5.41) is 3.86. The van der Waals surface area contributed by atoms with Crippen molar-refractivity contribution in [3.63, 3.8) is 0 Å². The molecule has 0 radical (unpaired) electrons. The zero-order chi connectivity index (χ0) is 17.7. The molecule has 0 amide bonds. The highest BCUT2D eigenvalue weighted by Crippen LogP contribution is 2.30. The van der Waals surface area contributed by atoms with Gasteiger partial charge in [0.05, 0.1) is 6.61 Å². The molecule has 142 valence electrons. The van der Waals surface area contributed by atoms with E-state index in [2.05, 4.69) is 29.1 Å². The van der Waals surface area contributed by atoms with Crippen LogP contribution in [-0.4, -0.2) is 51.3 Å². The number of benzene rings is 1. The van der Waals surface area contributed by atoms with Crippen LogP contribution in [0.15, 0.2) is 23.2 Å². The van der Waals surface area contributed by atoms with Gasteiger partial charge in [-0.05, 0) is 24.1 Å². The molecule has 25 heavy (non-hydrogen) atoms. The predicted octanol–water partition coefficient (Wildman–Crippen LogP) is 3.92. The summed E-state index contributed by atoms with van der Waals surface area (Å²) in [6, 6.07) is 4.56. The highest BCUT2D eigenvalue weighted by molar-refractivity contribution is 14.0. The molecule has 0 aliphatic carbocycles. The summed E-state index contributed by atoms with van der Waals surface area (Å²) in [6.07, 6.45) is 1.10. The Morgan fingerprint density at radius 2 is 2.20 bits per heavy atom. The van der Waals surface area contributed by atoms with E-state index in [1.54, 1.807) is 13.1 Å². The van der Waals surface area contributed by atoms with Gasteiger partial charge < -0.3 is 15.0 Å². The zero-order valence-corrected chi connectivity index (χ0v) is 18.4. The second kappa shape index (κ2) is 9.92. The van der Waals surface area contributed by atoms with Crippen molar-refractivity contribution in [2.45, 2.75) is 25.7 Å². The van der Waals surface area contributed by atoms with E-state index in [0.717, 1.165) is 37.7 Å². The lowest BCUT2D eigenvalue weighted by Crippen LogP contribution is -2.45. The van der Waals surface area contributed by atoms with E-state index in [4.69, 9.17) is 16.3 Å². The molecule has 1 aliphatic heterocycles. The predicted molar refractivity (Wildman–Crippen MR) is 113 cm³/mol. The topological polar surface area (TPSA) is 36.9 Å². The van der Waals surface area contributed by atoms with Crippen LogP contribution < -0.4 is 5.32 Å².